The van der Waals surface area contributed by atoms with Crippen LogP contribution in [0.5, 0.6) is 0 Å². The van der Waals surface area contributed by atoms with Gasteiger partial charge in [-0.2, -0.15) is 5.26 Å². The highest BCUT2D eigenvalue weighted by atomic mass is 16.2. The maximum atomic E-state index is 13.3. The van der Waals surface area contributed by atoms with E-state index in [1.165, 1.54) is 0 Å². The average molecular weight is 381 g/mol. The van der Waals surface area contributed by atoms with E-state index in [9.17, 15) is 10.1 Å². The van der Waals surface area contributed by atoms with Crippen LogP contribution in [0, 0.1) is 11.3 Å². The lowest BCUT2D eigenvalue weighted by Crippen LogP contribution is -2.49. The number of anilines is 1. The lowest BCUT2D eigenvalue weighted by atomic mass is 10.1. The van der Waals surface area contributed by atoms with Gasteiger partial charge in [-0.1, -0.05) is 24.3 Å². The van der Waals surface area contributed by atoms with Crippen molar-refractivity contribution in [3.63, 3.8) is 0 Å². The molecule has 0 aliphatic carbocycles. The number of hydrogen-bond acceptors (Lipinski definition) is 3. The van der Waals surface area contributed by atoms with Gasteiger partial charge in [0.05, 0.1) is 18.2 Å². The molecule has 0 radical (unpaired) electrons. The molecule has 2 heterocycles. The number of carbonyl (C=O) groups excluding carboxylic acids is 1. The molecule has 1 atom stereocenters. The minimum Gasteiger partial charge on any atom is -0.317 e. The minimum absolute atomic E-state index is 0.134. The molecular weight excluding hydrogens is 360 g/mol. The molecule has 5 nitrogen and oxygen atoms in total. The molecule has 1 aliphatic heterocycles. The first-order chi connectivity index (χ1) is 14.2. The molecule has 2 aromatic carbocycles. The first-order valence-electron chi connectivity index (χ1n) is 9.55. The van der Waals surface area contributed by atoms with Crippen LogP contribution in [0.2, 0.25) is 0 Å². The highest BCUT2D eigenvalue weighted by molar-refractivity contribution is 6.10. The fraction of sp³-hybridized carbons (Fsp3) is 0.125. The number of benzene rings is 2. The number of nitrogens with one attached hydrogen (secondary N) is 1. The Balaban J connectivity index is 1.76. The molecule has 0 saturated heterocycles. The first kappa shape index (κ1) is 18.6. The fourth-order valence-corrected chi connectivity index (χ4v) is 3.96. The van der Waals surface area contributed by atoms with Crippen molar-refractivity contribution in [2.45, 2.75) is 13.5 Å². The van der Waals surface area contributed by atoms with E-state index >= 15 is 0 Å². The summed E-state index contributed by atoms with van der Waals surface area (Å²) in [7, 11) is 0. The summed E-state index contributed by atoms with van der Waals surface area (Å²) in [5, 5.41) is 12.3. The summed E-state index contributed by atoms with van der Waals surface area (Å²) in [6.07, 6.45) is 5.29. The number of quaternary nitrogens is 1. The summed E-state index contributed by atoms with van der Waals surface area (Å²) in [5.74, 6) is -0.134. The van der Waals surface area contributed by atoms with Crippen LogP contribution in [-0.4, -0.2) is 17.4 Å². The van der Waals surface area contributed by atoms with Gasteiger partial charge in [0.2, 0.25) is 5.70 Å². The predicted molar refractivity (Wildman–Crippen MR) is 114 cm³/mol. The lowest BCUT2D eigenvalue weighted by molar-refractivity contribution is -0.114. The van der Waals surface area contributed by atoms with Gasteiger partial charge in [0.1, 0.15) is 12.2 Å². The van der Waals surface area contributed by atoms with E-state index in [1.807, 2.05) is 42.5 Å². The number of nitriles is 1. The van der Waals surface area contributed by atoms with Crippen LogP contribution in [0.3, 0.4) is 0 Å². The Labute approximate surface area is 170 Å². The van der Waals surface area contributed by atoms with E-state index in [0.717, 1.165) is 16.8 Å². The Morgan fingerprint density at radius 1 is 1.10 bits per heavy atom. The fourth-order valence-electron chi connectivity index (χ4n) is 3.96. The molecule has 1 aliphatic rings. The maximum absolute atomic E-state index is 13.3. The van der Waals surface area contributed by atoms with E-state index in [0.29, 0.717) is 34.5 Å². The number of pyridine rings is 1. The van der Waals surface area contributed by atoms with Gasteiger partial charge in [0, 0.05) is 41.4 Å². The average Bonchev–Trinajstić information content (AvgIpc) is 3.09. The van der Waals surface area contributed by atoms with Crippen LogP contribution in [-0.2, 0) is 11.3 Å². The number of nitrogens with zero attached hydrogens (tertiary/aromatic N) is 3. The van der Waals surface area contributed by atoms with E-state index in [2.05, 4.69) is 29.4 Å². The SMILES string of the molecule is CC[N+]1(Cc2cccc(C#N)c2)C(C(=O)Nc2ccncc2)=Cc2ccccc21. The smallest absolute Gasteiger partial charge is 0.310 e. The van der Waals surface area contributed by atoms with Crippen molar-refractivity contribution in [1.82, 2.24) is 9.47 Å². The molecule has 4 rings (SSSR count). The molecule has 0 fully saturated rings. The second-order valence-electron chi connectivity index (χ2n) is 7.03. The number of likely N-dealkylation sites (N-methyl/N-ethyl adjacent to an activating group) is 1. The van der Waals surface area contributed by atoms with Crippen molar-refractivity contribution >= 4 is 23.4 Å². The quantitative estimate of drug-likeness (QED) is 0.663. The van der Waals surface area contributed by atoms with Gasteiger partial charge < -0.3 is 5.32 Å². The molecule has 1 aromatic heterocycles. The number of carbonyl (C=O) groups is 1. The molecule has 5 heteroatoms. The van der Waals surface area contributed by atoms with Crippen molar-refractivity contribution < 1.29 is 4.79 Å². The second-order valence-corrected chi connectivity index (χ2v) is 7.03. The molecule has 0 bridgehead atoms. The molecule has 0 saturated carbocycles. The number of aromatic nitrogens is 1. The van der Waals surface area contributed by atoms with Crippen molar-refractivity contribution in [2.24, 2.45) is 0 Å². The summed E-state index contributed by atoms with van der Waals surface area (Å²) in [6, 6.07) is 21.5. The van der Waals surface area contributed by atoms with Gasteiger partial charge in [-0.25, -0.2) is 4.48 Å². The van der Waals surface area contributed by atoms with Crippen LogP contribution in [0.15, 0.2) is 78.8 Å². The van der Waals surface area contributed by atoms with Crippen molar-refractivity contribution in [2.75, 3.05) is 11.9 Å². The summed E-state index contributed by atoms with van der Waals surface area (Å²) < 4.78 is 0.405. The second kappa shape index (κ2) is 7.70. The first-order valence-corrected chi connectivity index (χ1v) is 9.55. The van der Waals surface area contributed by atoms with Gasteiger partial charge in [-0.15, -0.1) is 0 Å². The zero-order valence-electron chi connectivity index (χ0n) is 16.2. The maximum Gasteiger partial charge on any atom is 0.310 e. The molecule has 1 amide bonds. The Morgan fingerprint density at radius 3 is 2.66 bits per heavy atom. The molecular formula is C24H21N4O+. The monoisotopic (exact) mass is 381 g/mol. The predicted octanol–water partition coefficient (Wildman–Crippen LogP) is 4.47. The van der Waals surface area contributed by atoms with Gasteiger partial charge in [-0.3, -0.25) is 9.78 Å². The highest BCUT2D eigenvalue weighted by Gasteiger charge is 2.44. The number of rotatable bonds is 5. The van der Waals surface area contributed by atoms with Gasteiger partial charge in [0.15, 0.2) is 0 Å². The van der Waals surface area contributed by atoms with Crippen LogP contribution >= 0.6 is 0 Å². The van der Waals surface area contributed by atoms with Crippen LogP contribution in [0.4, 0.5) is 11.4 Å². The zero-order chi connectivity index (χ0) is 20.3. The minimum atomic E-state index is -0.134. The molecule has 1 N–H and O–H groups in total. The van der Waals surface area contributed by atoms with E-state index in [1.54, 1.807) is 30.6 Å². The summed E-state index contributed by atoms with van der Waals surface area (Å²) in [6.45, 7) is 3.39. The molecule has 29 heavy (non-hydrogen) atoms. The van der Waals surface area contributed by atoms with Gasteiger partial charge in [0.25, 0.3) is 0 Å². The van der Waals surface area contributed by atoms with E-state index < -0.39 is 0 Å². The number of amides is 1. The Bertz CT molecular complexity index is 1130. The third-order valence-electron chi connectivity index (χ3n) is 5.37. The van der Waals surface area contributed by atoms with E-state index in [-0.39, 0.29) is 5.91 Å². The lowest BCUT2D eigenvalue weighted by Gasteiger charge is -2.35. The van der Waals surface area contributed by atoms with Gasteiger partial charge in [-0.05, 0) is 37.3 Å². The van der Waals surface area contributed by atoms with Crippen LogP contribution in [0.1, 0.15) is 23.6 Å². The molecule has 0 spiro atoms. The summed E-state index contributed by atoms with van der Waals surface area (Å²) >= 11 is 0. The highest BCUT2D eigenvalue weighted by Crippen LogP contribution is 2.42. The van der Waals surface area contributed by atoms with Crippen LogP contribution < -0.4 is 9.80 Å². The molecule has 3 aromatic rings. The third-order valence-corrected chi connectivity index (χ3v) is 5.37. The Hall–Kier alpha value is -3.75. The number of hydrogen-bond donors (Lipinski definition) is 1. The van der Waals surface area contributed by atoms with Crippen molar-refractivity contribution in [1.29, 1.82) is 5.26 Å². The standard InChI is InChI=1S/C24H20N4O/c1-2-28(17-19-7-5-6-18(14-19)16-25)22-9-4-3-8-20(22)15-23(28)24(29)27-21-10-12-26-13-11-21/h3-15H,2,17H2,1H3/p+1. The largest absolute Gasteiger partial charge is 0.317 e. The topological polar surface area (TPSA) is 65.8 Å². The number of para-hydroxylation sites is 1. The van der Waals surface area contributed by atoms with Crippen LogP contribution in [0.25, 0.3) is 6.08 Å². The van der Waals surface area contributed by atoms with Crippen molar-refractivity contribution in [3.8, 4) is 6.07 Å². The summed E-state index contributed by atoms with van der Waals surface area (Å²) in [5.41, 5.74) is 5.18. The van der Waals surface area contributed by atoms with E-state index in [4.69, 9.17) is 0 Å². The Kier molecular flexibility index (Phi) is 4.94. The third kappa shape index (κ3) is 3.42. The summed E-state index contributed by atoms with van der Waals surface area (Å²) in [4.78, 5) is 17.3. The molecule has 142 valence electrons. The van der Waals surface area contributed by atoms with Crippen molar-refractivity contribution in [3.05, 3.63) is 95.4 Å². The molecule has 1 unspecified atom stereocenters. The Morgan fingerprint density at radius 2 is 1.90 bits per heavy atom. The van der Waals surface area contributed by atoms with Gasteiger partial charge >= 0.3 is 5.91 Å². The number of fused-ring (bicyclic) bond motifs is 1. The normalized spacial score (nSPS) is 17.2. The zero-order valence-corrected chi connectivity index (χ0v) is 16.2.